The molecule has 0 heterocycles. The highest BCUT2D eigenvalue weighted by Gasteiger charge is 2.11. The predicted molar refractivity (Wildman–Crippen MR) is 56.6 cm³/mol. The third-order valence-electron chi connectivity index (χ3n) is 2.10. The van der Waals surface area contributed by atoms with Crippen molar-refractivity contribution in [3.63, 3.8) is 0 Å². The van der Waals surface area contributed by atoms with E-state index in [0.29, 0.717) is 11.8 Å². The zero-order chi connectivity index (χ0) is 9.84. The van der Waals surface area contributed by atoms with Crippen LogP contribution < -0.4 is 4.74 Å². The van der Waals surface area contributed by atoms with Gasteiger partial charge in [0.05, 0.1) is 7.11 Å². The summed E-state index contributed by atoms with van der Waals surface area (Å²) in [4.78, 5) is 0. The lowest BCUT2D eigenvalue weighted by Gasteiger charge is -2.15. The van der Waals surface area contributed by atoms with E-state index in [-0.39, 0.29) is 0 Å². The van der Waals surface area contributed by atoms with Gasteiger partial charge in [0, 0.05) is 11.4 Å². The van der Waals surface area contributed by atoms with Crippen molar-refractivity contribution in [3.05, 3.63) is 29.3 Å². The lowest BCUT2D eigenvalue weighted by molar-refractivity contribution is 0.407. The predicted octanol–water partition coefficient (Wildman–Crippen LogP) is 3.56. The van der Waals surface area contributed by atoms with Gasteiger partial charge in [0.1, 0.15) is 5.75 Å². The van der Waals surface area contributed by atoms with Crippen molar-refractivity contribution in [3.8, 4) is 5.75 Å². The largest absolute Gasteiger partial charge is 0.496 e. The van der Waals surface area contributed by atoms with Crippen LogP contribution >= 0.6 is 11.6 Å². The fraction of sp³-hybridized carbons (Fsp3) is 0.455. The van der Waals surface area contributed by atoms with Gasteiger partial charge in [0.15, 0.2) is 0 Å². The van der Waals surface area contributed by atoms with Gasteiger partial charge in [0.2, 0.25) is 0 Å². The number of ether oxygens (including phenoxy) is 1. The molecular formula is C11H15ClO. The van der Waals surface area contributed by atoms with Crippen molar-refractivity contribution >= 4 is 11.6 Å². The average Bonchev–Trinajstić information content (AvgIpc) is 2.16. The highest BCUT2D eigenvalue weighted by atomic mass is 35.5. The molecule has 1 rings (SSSR count). The second-order valence-electron chi connectivity index (χ2n) is 3.32. The zero-order valence-corrected chi connectivity index (χ0v) is 9.06. The first-order valence-electron chi connectivity index (χ1n) is 4.42. The number of hydrogen-bond donors (Lipinski definition) is 0. The Bertz CT molecular complexity index is 259. The standard InChI is InChI=1S/C11H15ClO/c1-8(2)11-9(7-12)5-4-6-10(11)13-3/h4-6,8H,7H2,1-3H3. The van der Waals surface area contributed by atoms with Crippen molar-refractivity contribution in [2.45, 2.75) is 25.6 Å². The molecule has 0 unspecified atom stereocenters. The third-order valence-corrected chi connectivity index (χ3v) is 2.39. The van der Waals surface area contributed by atoms with E-state index in [1.54, 1.807) is 7.11 Å². The molecule has 0 N–H and O–H groups in total. The Balaban J connectivity index is 3.21. The summed E-state index contributed by atoms with van der Waals surface area (Å²) in [5.41, 5.74) is 2.39. The van der Waals surface area contributed by atoms with Crippen molar-refractivity contribution in [2.75, 3.05) is 7.11 Å². The van der Waals surface area contributed by atoms with E-state index in [9.17, 15) is 0 Å². The van der Waals surface area contributed by atoms with Crippen LogP contribution in [0, 0.1) is 0 Å². The molecule has 0 fully saturated rings. The third kappa shape index (κ3) is 2.16. The van der Waals surface area contributed by atoms with Crippen LogP contribution in [0.4, 0.5) is 0 Å². The Morgan fingerprint density at radius 1 is 1.38 bits per heavy atom. The number of methoxy groups -OCH3 is 1. The van der Waals surface area contributed by atoms with Crippen molar-refractivity contribution in [1.29, 1.82) is 0 Å². The van der Waals surface area contributed by atoms with Crippen LogP contribution in [0.2, 0.25) is 0 Å². The Kier molecular flexibility index (Phi) is 3.61. The van der Waals surface area contributed by atoms with Crippen molar-refractivity contribution in [1.82, 2.24) is 0 Å². The molecule has 0 bridgehead atoms. The van der Waals surface area contributed by atoms with E-state index in [0.717, 1.165) is 11.3 Å². The lowest BCUT2D eigenvalue weighted by atomic mass is 9.97. The van der Waals surface area contributed by atoms with Crippen molar-refractivity contribution < 1.29 is 4.74 Å². The first-order chi connectivity index (χ1) is 6.20. The molecule has 0 aromatic heterocycles. The van der Waals surface area contributed by atoms with Gasteiger partial charge >= 0.3 is 0 Å². The van der Waals surface area contributed by atoms with E-state index in [4.69, 9.17) is 16.3 Å². The topological polar surface area (TPSA) is 9.23 Å². The fourth-order valence-corrected chi connectivity index (χ4v) is 1.77. The number of benzene rings is 1. The first kappa shape index (κ1) is 10.4. The fourth-order valence-electron chi connectivity index (χ4n) is 1.54. The van der Waals surface area contributed by atoms with Crippen LogP contribution in [0.25, 0.3) is 0 Å². The summed E-state index contributed by atoms with van der Waals surface area (Å²) in [6.45, 7) is 4.29. The average molecular weight is 199 g/mol. The molecule has 1 aromatic rings. The summed E-state index contributed by atoms with van der Waals surface area (Å²) >= 11 is 5.85. The molecule has 0 aliphatic carbocycles. The molecule has 0 saturated heterocycles. The van der Waals surface area contributed by atoms with E-state index in [1.165, 1.54) is 5.56 Å². The van der Waals surface area contributed by atoms with Crippen LogP contribution in [0.3, 0.4) is 0 Å². The van der Waals surface area contributed by atoms with Gasteiger partial charge in [-0.1, -0.05) is 26.0 Å². The molecule has 2 heteroatoms. The second kappa shape index (κ2) is 4.52. The number of rotatable bonds is 3. The van der Waals surface area contributed by atoms with Gasteiger partial charge < -0.3 is 4.74 Å². The van der Waals surface area contributed by atoms with Gasteiger partial charge in [-0.3, -0.25) is 0 Å². The van der Waals surface area contributed by atoms with Crippen LogP contribution in [0.15, 0.2) is 18.2 Å². The summed E-state index contributed by atoms with van der Waals surface area (Å²) in [5, 5.41) is 0. The normalized spacial score (nSPS) is 10.5. The van der Waals surface area contributed by atoms with Crippen LogP contribution in [-0.2, 0) is 5.88 Å². The van der Waals surface area contributed by atoms with E-state index >= 15 is 0 Å². The summed E-state index contributed by atoms with van der Waals surface area (Å²) in [5.74, 6) is 1.93. The lowest BCUT2D eigenvalue weighted by Crippen LogP contribution is -1.98. The maximum atomic E-state index is 5.85. The van der Waals surface area contributed by atoms with Crippen LogP contribution in [0.5, 0.6) is 5.75 Å². The van der Waals surface area contributed by atoms with Crippen LogP contribution in [0.1, 0.15) is 30.9 Å². The number of halogens is 1. The Morgan fingerprint density at radius 2 is 2.08 bits per heavy atom. The smallest absolute Gasteiger partial charge is 0.122 e. The molecule has 0 atom stereocenters. The maximum Gasteiger partial charge on any atom is 0.122 e. The molecule has 13 heavy (non-hydrogen) atoms. The molecule has 1 aromatic carbocycles. The Labute approximate surface area is 84.7 Å². The van der Waals surface area contributed by atoms with Crippen molar-refractivity contribution in [2.24, 2.45) is 0 Å². The molecule has 72 valence electrons. The summed E-state index contributed by atoms with van der Waals surface area (Å²) in [6, 6.07) is 6.00. The summed E-state index contributed by atoms with van der Waals surface area (Å²) in [7, 11) is 1.69. The molecule has 0 radical (unpaired) electrons. The molecule has 0 aliphatic rings. The quantitative estimate of drug-likeness (QED) is 0.675. The molecule has 0 spiro atoms. The van der Waals surface area contributed by atoms with Gasteiger partial charge in [-0.15, -0.1) is 11.6 Å². The Hall–Kier alpha value is -0.690. The minimum absolute atomic E-state index is 0.449. The van der Waals surface area contributed by atoms with Gasteiger partial charge in [-0.25, -0.2) is 0 Å². The SMILES string of the molecule is COc1cccc(CCl)c1C(C)C. The highest BCUT2D eigenvalue weighted by Crippen LogP contribution is 2.30. The number of hydrogen-bond acceptors (Lipinski definition) is 1. The van der Waals surface area contributed by atoms with Gasteiger partial charge in [-0.05, 0) is 17.5 Å². The van der Waals surface area contributed by atoms with E-state index < -0.39 is 0 Å². The highest BCUT2D eigenvalue weighted by molar-refractivity contribution is 6.17. The molecule has 0 aliphatic heterocycles. The molecule has 1 nitrogen and oxygen atoms in total. The number of alkyl halides is 1. The minimum atomic E-state index is 0.449. The maximum absolute atomic E-state index is 5.85. The molecule has 0 saturated carbocycles. The Morgan fingerprint density at radius 3 is 2.54 bits per heavy atom. The van der Waals surface area contributed by atoms with E-state index in [1.807, 2.05) is 18.2 Å². The van der Waals surface area contributed by atoms with Gasteiger partial charge in [-0.2, -0.15) is 0 Å². The summed E-state index contributed by atoms with van der Waals surface area (Å²) in [6.07, 6.45) is 0. The molecular weight excluding hydrogens is 184 g/mol. The first-order valence-corrected chi connectivity index (χ1v) is 4.96. The van der Waals surface area contributed by atoms with Gasteiger partial charge in [0.25, 0.3) is 0 Å². The van der Waals surface area contributed by atoms with Crippen LogP contribution in [-0.4, -0.2) is 7.11 Å². The second-order valence-corrected chi connectivity index (χ2v) is 3.59. The van der Waals surface area contributed by atoms with E-state index in [2.05, 4.69) is 13.8 Å². The summed E-state index contributed by atoms with van der Waals surface area (Å²) < 4.78 is 5.29. The zero-order valence-electron chi connectivity index (χ0n) is 8.30. The monoisotopic (exact) mass is 198 g/mol. The molecule has 0 amide bonds. The minimum Gasteiger partial charge on any atom is -0.496 e.